The Morgan fingerprint density at radius 3 is 2.22 bits per heavy atom. The van der Waals surface area contributed by atoms with E-state index in [1.54, 1.807) is 0 Å². The molecule has 2 N–H and O–H groups in total. The van der Waals surface area contributed by atoms with Gasteiger partial charge in [0.1, 0.15) is 6.61 Å². The first-order valence-corrected chi connectivity index (χ1v) is 6.81. The second-order valence-electron chi connectivity index (χ2n) is 5.50. The van der Waals surface area contributed by atoms with Crippen LogP contribution in [-0.2, 0) is 0 Å². The first-order chi connectivity index (χ1) is 8.57. The molecule has 2 rings (SSSR count). The maximum Gasteiger partial charge on any atom is 0.316 e. The van der Waals surface area contributed by atoms with Crippen LogP contribution >= 0.6 is 0 Å². The maximum absolute atomic E-state index is 6.40. The summed E-state index contributed by atoms with van der Waals surface area (Å²) in [7, 11) is 0. The summed E-state index contributed by atoms with van der Waals surface area (Å²) in [5.74, 6) is 0. The number of nitrogens with two attached hydrogens (primary N) is 1. The van der Waals surface area contributed by atoms with Crippen LogP contribution in [0.25, 0.3) is 0 Å². The lowest BCUT2D eigenvalue weighted by molar-refractivity contribution is 0.186. The molecule has 18 heavy (non-hydrogen) atoms. The van der Waals surface area contributed by atoms with Gasteiger partial charge in [-0.05, 0) is 32.8 Å². The van der Waals surface area contributed by atoms with Crippen LogP contribution in [0, 0.1) is 13.8 Å². The molecule has 4 heteroatoms. The van der Waals surface area contributed by atoms with Crippen molar-refractivity contribution in [3.8, 4) is 6.01 Å². The van der Waals surface area contributed by atoms with E-state index in [-0.39, 0.29) is 5.54 Å². The molecule has 1 aromatic heterocycles. The van der Waals surface area contributed by atoms with Crippen molar-refractivity contribution in [2.75, 3.05) is 6.61 Å². The molecular formula is C14H23N3O. The van der Waals surface area contributed by atoms with Crippen molar-refractivity contribution in [2.45, 2.75) is 57.9 Å². The van der Waals surface area contributed by atoms with E-state index in [0.29, 0.717) is 12.6 Å². The average Bonchev–Trinajstić information content (AvgIpc) is 2.51. The summed E-state index contributed by atoms with van der Waals surface area (Å²) in [5, 5.41) is 0. The molecule has 1 fully saturated rings. The quantitative estimate of drug-likeness (QED) is 0.836. The highest BCUT2D eigenvalue weighted by molar-refractivity contribution is 5.11. The molecule has 0 radical (unpaired) electrons. The highest BCUT2D eigenvalue weighted by atomic mass is 16.5. The Morgan fingerprint density at radius 2 is 1.67 bits per heavy atom. The lowest BCUT2D eigenvalue weighted by atomic mass is 9.93. The minimum Gasteiger partial charge on any atom is -0.461 e. The van der Waals surface area contributed by atoms with Gasteiger partial charge >= 0.3 is 6.01 Å². The Bertz CT molecular complexity index is 378. The molecule has 0 aromatic carbocycles. The zero-order valence-electron chi connectivity index (χ0n) is 11.4. The van der Waals surface area contributed by atoms with E-state index in [9.17, 15) is 0 Å². The van der Waals surface area contributed by atoms with E-state index in [2.05, 4.69) is 9.97 Å². The van der Waals surface area contributed by atoms with E-state index in [0.717, 1.165) is 24.2 Å². The van der Waals surface area contributed by atoms with Crippen LogP contribution in [0.4, 0.5) is 0 Å². The van der Waals surface area contributed by atoms with E-state index < -0.39 is 0 Å². The van der Waals surface area contributed by atoms with Crippen LogP contribution < -0.4 is 10.5 Å². The van der Waals surface area contributed by atoms with Crippen molar-refractivity contribution in [1.29, 1.82) is 0 Å². The topological polar surface area (TPSA) is 61.0 Å². The van der Waals surface area contributed by atoms with Gasteiger partial charge in [-0.25, -0.2) is 9.97 Å². The third-order valence-electron chi connectivity index (χ3n) is 3.55. The van der Waals surface area contributed by atoms with Crippen molar-refractivity contribution in [2.24, 2.45) is 5.73 Å². The molecule has 100 valence electrons. The maximum atomic E-state index is 6.40. The van der Waals surface area contributed by atoms with Gasteiger partial charge in [0.2, 0.25) is 0 Å². The number of ether oxygens (including phenoxy) is 1. The van der Waals surface area contributed by atoms with Crippen molar-refractivity contribution in [3.05, 3.63) is 17.5 Å². The summed E-state index contributed by atoms with van der Waals surface area (Å²) in [6.07, 6.45) is 7.06. The monoisotopic (exact) mass is 249 g/mol. The first kappa shape index (κ1) is 13.3. The Morgan fingerprint density at radius 1 is 1.11 bits per heavy atom. The van der Waals surface area contributed by atoms with Crippen LogP contribution in [0.2, 0.25) is 0 Å². The van der Waals surface area contributed by atoms with Crippen LogP contribution in [-0.4, -0.2) is 22.1 Å². The van der Waals surface area contributed by atoms with Gasteiger partial charge in [0, 0.05) is 11.4 Å². The van der Waals surface area contributed by atoms with E-state index in [1.807, 2.05) is 19.9 Å². The highest BCUT2D eigenvalue weighted by Crippen LogP contribution is 2.25. The minimum atomic E-state index is -0.197. The Balaban J connectivity index is 1.97. The van der Waals surface area contributed by atoms with E-state index in [1.165, 1.54) is 25.7 Å². The molecule has 1 saturated carbocycles. The van der Waals surface area contributed by atoms with Crippen molar-refractivity contribution < 1.29 is 4.74 Å². The highest BCUT2D eigenvalue weighted by Gasteiger charge is 2.27. The first-order valence-electron chi connectivity index (χ1n) is 6.81. The standard InChI is InChI=1S/C14H23N3O/c1-11-9-12(2)17-13(16-11)18-10-14(15)7-5-3-4-6-8-14/h9H,3-8,10,15H2,1-2H3. The summed E-state index contributed by atoms with van der Waals surface area (Å²) in [6, 6.07) is 2.40. The zero-order chi connectivity index (χ0) is 13.0. The van der Waals surface area contributed by atoms with Gasteiger partial charge in [-0.2, -0.15) is 0 Å². The fraction of sp³-hybridized carbons (Fsp3) is 0.714. The summed E-state index contributed by atoms with van der Waals surface area (Å²) < 4.78 is 5.72. The SMILES string of the molecule is Cc1cc(C)nc(OCC2(N)CCCCCC2)n1. The number of aromatic nitrogens is 2. The molecule has 0 amide bonds. The lowest BCUT2D eigenvalue weighted by Gasteiger charge is -2.27. The number of nitrogens with zero attached hydrogens (tertiary/aromatic N) is 2. The second kappa shape index (κ2) is 5.65. The molecule has 0 bridgehead atoms. The van der Waals surface area contributed by atoms with Crippen LogP contribution in [0.1, 0.15) is 49.9 Å². The van der Waals surface area contributed by atoms with E-state index in [4.69, 9.17) is 10.5 Å². The number of rotatable bonds is 3. The van der Waals surface area contributed by atoms with Gasteiger partial charge in [0.25, 0.3) is 0 Å². The normalized spacial score (nSPS) is 19.3. The molecule has 4 nitrogen and oxygen atoms in total. The molecule has 0 saturated heterocycles. The Kier molecular flexibility index (Phi) is 4.17. The summed E-state index contributed by atoms with van der Waals surface area (Å²) in [5.41, 5.74) is 8.07. The van der Waals surface area contributed by atoms with Crippen LogP contribution in [0.3, 0.4) is 0 Å². The average molecular weight is 249 g/mol. The Labute approximate surface area is 109 Å². The summed E-state index contributed by atoms with van der Waals surface area (Å²) >= 11 is 0. The van der Waals surface area contributed by atoms with Gasteiger partial charge in [0.15, 0.2) is 0 Å². The number of hydrogen-bond donors (Lipinski definition) is 1. The number of aryl methyl sites for hydroxylation is 2. The van der Waals surface area contributed by atoms with Gasteiger partial charge in [-0.3, -0.25) is 0 Å². The van der Waals surface area contributed by atoms with Gasteiger partial charge in [-0.1, -0.05) is 25.7 Å². The molecule has 1 aliphatic rings. The largest absolute Gasteiger partial charge is 0.461 e. The molecule has 1 heterocycles. The molecule has 1 aromatic rings. The van der Waals surface area contributed by atoms with Gasteiger partial charge in [0.05, 0.1) is 5.54 Å². The fourth-order valence-corrected chi connectivity index (χ4v) is 2.54. The predicted octanol–water partition coefficient (Wildman–Crippen LogP) is 2.52. The summed E-state index contributed by atoms with van der Waals surface area (Å²) in [4.78, 5) is 8.57. The third kappa shape index (κ3) is 3.67. The molecule has 0 aliphatic heterocycles. The predicted molar refractivity (Wildman–Crippen MR) is 71.6 cm³/mol. The molecule has 1 aliphatic carbocycles. The zero-order valence-corrected chi connectivity index (χ0v) is 11.4. The van der Waals surface area contributed by atoms with Crippen molar-refractivity contribution in [3.63, 3.8) is 0 Å². The van der Waals surface area contributed by atoms with Crippen LogP contribution in [0.5, 0.6) is 6.01 Å². The van der Waals surface area contributed by atoms with E-state index >= 15 is 0 Å². The van der Waals surface area contributed by atoms with Gasteiger partial charge in [-0.15, -0.1) is 0 Å². The lowest BCUT2D eigenvalue weighted by Crippen LogP contribution is -2.45. The molecule has 0 unspecified atom stereocenters. The minimum absolute atomic E-state index is 0.197. The van der Waals surface area contributed by atoms with Crippen LogP contribution in [0.15, 0.2) is 6.07 Å². The number of hydrogen-bond acceptors (Lipinski definition) is 4. The smallest absolute Gasteiger partial charge is 0.316 e. The third-order valence-corrected chi connectivity index (χ3v) is 3.55. The molecule has 0 spiro atoms. The van der Waals surface area contributed by atoms with Crippen molar-refractivity contribution >= 4 is 0 Å². The summed E-state index contributed by atoms with van der Waals surface area (Å²) in [6.45, 7) is 4.42. The molecule has 0 atom stereocenters. The fourth-order valence-electron chi connectivity index (χ4n) is 2.54. The Hall–Kier alpha value is -1.16. The van der Waals surface area contributed by atoms with Crippen molar-refractivity contribution in [1.82, 2.24) is 9.97 Å². The molecular weight excluding hydrogens is 226 g/mol. The second-order valence-corrected chi connectivity index (χ2v) is 5.50. The van der Waals surface area contributed by atoms with Gasteiger partial charge < -0.3 is 10.5 Å².